The Balaban J connectivity index is 1.55. The summed E-state index contributed by atoms with van der Waals surface area (Å²) in [6, 6.07) is 18.9. The van der Waals surface area contributed by atoms with Crippen molar-refractivity contribution in [3.63, 3.8) is 0 Å². The third-order valence-corrected chi connectivity index (χ3v) is 5.44. The van der Waals surface area contributed by atoms with Gasteiger partial charge in [0.1, 0.15) is 5.75 Å². The quantitative estimate of drug-likeness (QED) is 0.467. The number of hydrogen-bond donors (Lipinski definition) is 2. The van der Waals surface area contributed by atoms with Crippen molar-refractivity contribution in [1.29, 1.82) is 0 Å². The van der Waals surface area contributed by atoms with Gasteiger partial charge in [-0.15, -0.1) is 0 Å². The molecule has 1 heterocycles. The van der Waals surface area contributed by atoms with Crippen LogP contribution in [0.15, 0.2) is 65.5 Å². The van der Waals surface area contributed by atoms with Crippen molar-refractivity contribution in [3.05, 3.63) is 76.6 Å². The largest absolute Gasteiger partial charge is 0.497 e. The van der Waals surface area contributed by atoms with Gasteiger partial charge in [0.15, 0.2) is 0 Å². The average molecular weight is 416 g/mol. The maximum Gasteiger partial charge on any atom is 0.262 e. The number of rotatable bonds is 6. The van der Waals surface area contributed by atoms with Crippen LogP contribution in [0.1, 0.15) is 25.3 Å². The number of benzene rings is 3. The first-order valence-electron chi connectivity index (χ1n) is 10.1. The molecule has 0 saturated carbocycles. The minimum Gasteiger partial charge on any atom is -0.497 e. The second-order valence-electron chi connectivity index (χ2n) is 7.31. The van der Waals surface area contributed by atoms with Crippen molar-refractivity contribution in [2.24, 2.45) is 0 Å². The summed E-state index contributed by atoms with van der Waals surface area (Å²) in [5.41, 5.74) is 6.85. The minimum absolute atomic E-state index is 0.150. The predicted octanol–water partition coefficient (Wildman–Crippen LogP) is 3.83. The SMILES string of the molecule is CCn1c(NNC(=O)[C@@H](C)c2ccc3cc(OC)ccc3c2)nc2ccccc2c1=O. The summed E-state index contributed by atoms with van der Waals surface area (Å²) in [6.07, 6.45) is 0. The fraction of sp³-hybridized carbons (Fsp3) is 0.208. The van der Waals surface area contributed by atoms with E-state index in [1.807, 2.05) is 62.4 Å². The first-order valence-corrected chi connectivity index (χ1v) is 10.1. The standard InChI is InChI=1S/C24H24N4O3/c1-4-28-23(30)20-7-5-6-8-21(20)25-24(28)27-26-22(29)15(2)16-9-10-18-14-19(31-3)12-11-17(18)13-16/h5-15H,4H2,1-3H3,(H,25,27)(H,26,29)/t15-/m0/s1. The molecule has 0 aliphatic carbocycles. The van der Waals surface area contributed by atoms with Gasteiger partial charge in [0.05, 0.1) is 23.9 Å². The van der Waals surface area contributed by atoms with E-state index in [0.717, 1.165) is 22.1 Å². The molecule has 0 bridgehead atoms. The van der Waals surface area contributed by atoms with Crippen LogP contribution in [-0.4, -0.2) is 22.6 Å². The highest BCUT2D eigenvalue weighted by Gasteiger charge is 2.17. The van der Waals surface area contributed by atoms with Crippen molar-refractivity contribution < 1.29 is 9.53 Å². The lowest BCUT2D eigenvalue weighted by molar-refractivity contribution is -0.121. The van der Waals surface area contributed by atoms with Gasteiger partial charge in [-0.25, -0.2) is 4.98 Å². The maximum absolute atomic E-state index is 12.8. The number of ether oxygens (including phenoxy) is 1. The average Bonchev–Trinajstić information content (AvgIpc) is 2.81. The van der Waals surface area contributed by atoms with Gasteiger partial charge in [-0.1, -0.05) is 36.4 Å². The molecule has 0 fully saturated rings. The van der Waals surface area contributed by atoms with E-state index in [9.17, 15) is 9.59 Å². The zero-order valence-electron chi connectivity index (χ0n) is 17.7. The third kappa shape index (κ3) is 3.94. The number of hydrogen-bond acceptors (Lipinski definition) is 5. The van der Waals surface area contributed by atoms with Gasteiger partial charge in [-0.3, -0.25) is 25.0 Å². The van der Waals surface area contributed by atoms with Crippen molar-refractivity contribution in [3.8, 4) is 5.75 Å². The van der Waals surface area contributed by atoms with E-state index in [0.29, 0.717) is 23.4 Å². The number of hydrazine groups is 1. The Morgan fingerprint density at radius 3 is 2.61 bits per heavy atom. The minimum atomic E-state index is -0.402. The molecule has 1 aromatic heterocycles. The Morgan fingerprint density at radius 1 is 1.10 bits per heavy atom. The second kappa shape index (κ2) is 8.47. The number of carbonyl (C=O) groups excluding carboxylic acids is 1. The number of aromatic nitrogens is 2. The molecule has 3 aromatic carbocycles. The molecule has 1 atom stereocenters. The molecule has 1 amide bonds. The number of fused-ring (bicyclic) bond motifs is 2. The molecule has 4 aromatic rings. The molecule has 0 spiro atoms. The number of methoxy groups -OCH3 is 1. The van der Waals surface area contributed by atoms with Crippen LogP contribution < -0.4 is 21.1 Å². The second-order valence-corrected chi connectivity index (χ2v) is 7.31. The fourth-order valence-corrected chi connectivity index (χ4v) is 3.57. The molecule has 7 heteroatoms. The normalized spacial score (nSPS) is 12.0. The lowest BCUT2D eigenvalue weighted by atomic mass is 9.97. The molecule has 7 nitrogen and oxygen atoms in total. The Morgan fingerprint density at radius 2 is 1.84 bits per heavy atom. The number of anilines is 1. The highest BCUT2D eigenvalue weighted by Crippen LogP contribution is 2.25. The van der Waals surface area contributed by atoms with Gasteiger partial charge < -0.3 is 4.74 Å². The van der Waals surface area contributed by atoms with Gasteiger partial charge >= 0.3 is 0 Å². The number of nitrogens with one attached hydrogen (secondary N) is 2. The number of amides is 1. The highest BCUT2D eigenvalue weighted by molar-refractivity contribution is 5.88. The zero-order valence-corrected chi connectivity index (χ0v) is 17.7. The summed E-state index contributed by atoms with van der Waals surface area (Å²) >= 11 is 0. The smallest absolute Gasteiger partial charge is 0.262 e. The fourth-order valence-electron chi connectivity index (χ4n) is 3.57. The van der Waals surface area contributed by atoms with Gasteiger partial charge in [-0.2, -0.15) is 0 Å². The van der Waals surface area contributed by atoms with E-state index in [2.05, 4.69) is 15.8 Å². The van der Waals surface area contributed by atoms with Gasteiger partial charge in [-0.05, 0) is 54.4 Å². The van der Waals surface area contributed by atoms with Crippen LogP contribution in [-0.2, 0) is 11.3 Å². The zero-order chi connectivity index (χ0) is 22.0. The number of nitrogens with zero attached hydrogens (tertiary/aromatic N) is 2. The summed E-state index contributed by atoms with van der Waals surface area (Å²) in [7, 11) is 1.64. The van der Waals surface area contributed by atoms with Gasteiger partial charge in [0.2, 0.25) is 11.9 Å². The first kappa shape index (κ1) is 20.4. The Bertz CT molecular complexity index is 1330. The van der Waals surface area contributed by atoms with E-state index in [1.54, 1.807) is 19.2 Å². The van der Waals surface area contributed by atoms with E-state index >= 15 is 0 Å². The van der Waals surface area contributed by atoms with E-state index in [-0.39, 0.29) is 11.5 Å². The van der Waals surface area contributed by atoms with Crippen molar-refractivity contribution in [2.75, 3.05) is 12.5 Å². The predicted molar refractivity (Wildman–Crippen MR) is 122 cm³/mol. The van der Waals surface area contributed by atoms with Crippen LogP contribution in [0.25, 0.3) is 21.7 Å². The molecule has 0 aliphatic heterocycles. The third-order valence-electron chi connectivity index (χ3n) is 5.44. The summed E-state index contributed by atoms with van der Waals surface area (Å²) in [6.45, 7) is 4.12. The number of carbonyl (C=O) groups is 1. The van der Waals surface area contributed by atoms with Crippen molar-refractivity contribution in [1.82, 2.24) is 15.0 Å². The van der Waals surface area contributed by atoms with Crippen LogP contribution in [0, 0.1) is 0 Å². The summed E-state index contributed by atoms with van der Waals surface area (Å²) in [5.74, 6) is 0.469. The summed E-state index contributed by atoms with van der Waals surface area (Å²) < 4.78 is 6.76. The first-order chi connectivity index (χ1) is 15.0. The van der Waals surface area contributed by atoms with Crippen LogP contribution in [0.4, 0.5) is 5.95 Å². The van der Waals surface area contributed by atoms with Gasteiger partial charge in [0, 0.05) is 6.54 Å². The maximum atomic E-state index is 12.8. The molecule has 31 heavy (non-hydrogen) atoms. The Kier molecular flexibility index (Phi) is 5.58. The van der Waals surface area contributed by atoms with Crippen LogP contribution >= 0.6 is 0 Å². The van der Waals surface area contributed by atoms with E-state index in [1.165, 1.54) is 4.57 Å². The molecule has 0 saturated heterocycles. The van der Waals surface area contributed by atoms with Crippen LogP contribution in [0.3, 0.4) is 0 Å². The lowest BCUT2D eigenvalue weighted by Crippen LogP contribution is -2.36. The van der Waals surface area contributed by atoms with Crippen LogP contribution in [0.5, 0.6) is 5.75 Å². The van der Waals surface area contributed by atoms with E-state index < -0.39 is 5.92 Å². The monoisotopic (exact) mass is 416 g/mol. The van der Waals surface area contributed by atoms with Crippen LogP contribution in [0.2, 0.25) is 0 Å². The molecular weight excluding hydrogens is 392 g/mol. The van der Waals surface area contributed by atoms with Crippen molar-refractivity contribution in [2.45, 2.75) is 26.3 Å². The molecule has 0 radical (unpaired) electrons. The molecule has 2 N–H and O–H groups in total. The molecule has 158 valence electrons. The lowest BCUT2D eigenvalue weighted by Gasteiger charge is -2.17. The molecular formula is C24H24N4O3. The Labute approximate surface area is 179 Å². The molecule has 0 unspecified atom stereocenters. The van der Waals surface area contributed by atoms with Gasteiger partial charge in [0.25, 0.3) is 5.56 Å². The highest BCUT2D eigenvalue weighted by atomic mass is 16.5. The molecule has 0 aliphatic rings. The summed E-state index contributed by atoms with van der Waals surface area (Å²) in [5, 5.41) is 2.62. The number of para-hydroxylation sites is 1. The summed E-state index contributed by atoms with van der Waals surface area (Å²) in [4.78, 5) is 30.0. The Hall–Kier alpha value is -3.87. The molecule has 4 rings (SSSR count). The van der Waals surface area contributed by atoms with Crippen molar-refractivity contribution >= 4 is 33.5 Å². The topological polar surface area (TPSA) is 85.2 Å². The van der Waals surface area contributed by atoms with E-state index in [4.69, 9.17) is 4.74 Å².